The van der Waals surface area contributed by atoms with E-state index in [1.807, 2.05) is 0 Å². The van der Waals surface area contributed by atoms with Crippen LogP contribution >= 0.6 is 11.6 Å². The summed E-state index contributed by atoms with van der Waals surface area (Å²) in [5.41, 5.74) is 5.85. The summed E-state index contributed by atoms with van der Waals surface area (Å²) in [6.07, 6.45) is 4.97. The van der Waals surface area contributed by atoms with Crippen LogP contribution in [0.25, 0.3) is 0 Å². The minimum atomic E-state index is -0.483. The summed E-state index contributed by atoms with van der Waals surface area (Å²) in [7, 11) is 0. The summed E-state index contributed by atoms with van der Waals surface area (Å²) in [6.45, 7) is 0. The van der Waals surface area contributed by atoms with E-state index in [1.54, 1.807) is 0 Å². The first-order valence-corrected chi connectivity index (χ1v) is 5.73. The maximum Gasteiger partial charge on any atom is 0.224 e. The second kappa shape index (κ2) is 4.93. The maximum absolute atomic E-state index is 13.3. The largest absolute Gasteiger partial charge is 0.365 e. The van der Waals surface area contributed by atoms with Gasteiger partial charge >= 0.3 is 0 Å². The predicted molar refractivity (Wildman–Crippen MR) is 60.9 cm³/mol. The number of nitrogens with two attached hydrogens (primary N) is 1. The van der Waals surface area contributed by atoms with Gasteiger partial charge < -0.3 is 11.1 Å². The standard InChI is InChI=1S/C10H14ClFN4/c11-10-14-5-8(12)9(16-10)15-7-3-1-2-6(13)4-7/h5-7H,1-4,13H2,(H,14,15,16)/t6-,7+/m0/s1. The van der Waals surface area contributed by atoms with E-state index in [-0.39, 0.29) is 23.2 Å². The van der Waals surface area contributed by atoms with Gasteiger partial charge in [0, 0.05) is 12.1 Å². The molecular weight excluding hydrogens is 231 g/mol. The molecule has 1 heterocycles. The quantitative estimate of drug-likeness (QED) is 0.781. The van der Waals surface area contributed by atoms with Crippen LogP contribution in [0.1, 0.15) is 25.7 Å². The molecule has 1 saturated carbocycles. The van der Waals surface area contributed by atoms with Crippen molar-refractivity contribution in [3.05, 3.63) is 17.3 Å². The molecule has 0 bridgehead atoms. The van der Waals surface area contributed by atoms with Crippen LogP contribution in [-0.4, -0.2) is 22.1 Å². The fraction of sp³-hybridized carbons (Fsp3) is 0.600. The van der Waals surface area contributed by atoms with E-state index < -0.39 is 5.82 Å². The third-order valence-electron chi connectivity index (χ3n) is 2.77. The lowest BCUT2D eigenvalue weighted by atomic mass is 9.92. The number of anilines is 1. The highest BCUT2D eigenvalue weighted by Gasteiger charge is 2.20. The fourth-order valence-corrected chi connectivity index (χ4v) is 2.13. The molecule has 0 amide bonds. The van der Waals surface area contributed by atoms with E-state index in [0.717, 1.165) is 31.9 Å². The summed E-state index contributed by atoms with van der Waals surface area (Å²) in [4.78, 5) is 7.38. The molecule has 1 aromatic rings. The van der Waals surface area contributed by atoms with Gasteiger partial charge in [0.1, 0.15) is 0 Å². The number of hydrogen-bond donors (Lipinski definition) is 2. The van der Waals surface area contributed by atoms with Crippen LogP contribution in [0.3, 0.4) is 0 Å². The summed E-state index contributed by atoms with van der Waals surface area (Å²) in [5, 5.41) is 3.08. The average molecular weight is 245 g/mol. The average Bonchev–Trinajstić information content (AvgIpc) is 2.24. The number of nitrogens with one attached hydrogen (secondary N) is 1. The number of nitrogens with zero attached hydrogens (tertiary/aromatic N) is 2. The zero-order valence-corrected chi connectivity index (χ0v) is 9.54. The lowest BCUT2D eigenvalue weighted by molar-refractivity contribution is 0.407. The zero-order chi connectivity index (χ0) is 11.5. The minimum Gasteiger partial charge on any atom is -0.365 e. The van der Waals surface area contributed by atoms with Gasteiger partial charge in [-0.15, -0.1) is 0 Å². The van der Waals surface area contributed by atoms with Crippen LogP contribution in [0.5, 0.6) is 0 Å². The van der Waals surface area contributed by atoms with Crippen LogP contribution in [0, 0.1) is 5.82 Å². The van der Waals surface area contributed by atoms with Crippen molar-refractivity contribution in [2.45, 2.75) is 37.8 Å². The molecule has 0 radical (unpaired) electrons. The molecule has 4 nitrogen and oxygen atoms in total. The van der Waals surface area contributed by atoms with Gasteiger partial charge in [-0.25, -0.2) is 9.37 Å². The molecule has 2 atom stereocenters. The Hall–Kier alpha value is -0.940. The Labute approximate surface area is 98.4 Å². The van der Waals surface area contributed by atoms with Crippen molar-refractivity contribution in [1.29, 1.82) is 0 Å². The van der Waals surface area contributed by atoms with Gasteiger partial charge in [-0.3, -0.25) is 0 Å². The van der Waals surface area contributed by atoms with Crippen LogP contribution < -0.4 is 11.1 Å². The van der Waals surface area contributed by atoms with Crippen molar-refractivity contribution in [3.63, 3.8) is 0 Å². The molecular formula is C10H14ClFN4. The molecule has 1 aliphatic carbocycles. The van der Waals surface area contributed by atoms with Crippen LogP contribution in [0.15, 0.2) is 6.20 Å². The molecule has 1 aliphatic rings. The zero-order valence-electron chi connectivity index (χ0n) is 8.79. The van der Waals surface area contributed by atoms with Gasteiger partial charge in [0.25, 0.3) is 0 Å². The first-order chi connectivity index (χ1) is 7.65. The lowest BCUT2D eigenvalue weighted by Gasteiger charge is -2.27. The van der Waals surface area contributed by atoms with Crippen LogP contribution in [0.2, 0.25) is 5.28 Å². The molecule has 0 aromatic carbocycles. The number of halogens is 2. The fourth-order valence-electron chi connectivity index (χ4n) is 2.00. The van der Waals surface area contributed by atoms with Gasteiger partial charge in [-0.05, 0) is 37.3 Å². The first-order valence-electron chi connectivity index (χ1n) is 5.35. The normalized spacial score (nSPS) is 25.4. The first kappa shape index (κ1) is 11.5. The lowest BCUT2D eigenvalue weighted by Crippen LogP contribution is -2.35. The molecule has 1 aromatic heterocycles. The molecule has 0 aliphatic heterocycles. The van der Waals surface area contributed by atoms with Crippen LogP contribution in [-0.2, 0) is 0 Å². The number of hydrogen-bond acceptors (Lipinski definition) is 4. The summed E-state index contributed by atoms with van der Waals surface area (Å²) in [6, 6.07) is 0.357. The van der Waals surface area contributed by atoms with Gasteiger partial charge in [0.15, 0.2) is 11.6 Å². The molecule has 0 unspecified atom stereocenters. The molecule has 3 N–H and O–H groups in total. The van der Waals surface area contributed by atoms with E-state index >= 15 is 0 Å². The van der Waals surface area contributed by atoms with E-state index in [1.165, 1.54) is 0 Å². The highest BCUT2D eigenvalue weighted by Crippen LogP contribution is 2.21. The van der Waals surface area contributed by atoms with Crippen molar-refractivity contribution in [2.24, 2.45) is 5.73 Å². The topological polar surface area (TPSA) is 63.8 Å². The van der Waals surface area contributed by atoms with Crippen LogP contribution in [0.4, 0.5) is 10.2 Å². The summed E-state index contributed by atoms with van der Waals surface area (Å²) < 4.78 is 13.3. The Morgan fingerprint density at radius 3 is 3.06 bits per heavy atom. The smallest absolute Gasteiger partial charge is 0.224 e. The molecule has 88 valence electrons. The summed E-state index contributed by atoms with van der Waals surface area (Å²) in [5.74, 6) is -0.317. The molecule has 1 fully saturated rings. The maximum atomic E-state index is 13.3. The van der Waals surface area contributed by atoms with Gasteiger partial charge in [-0.1, -0.05) is 0 Å². The van der Waals surface area contributed by atoms with Crippen molar-refractivity contribution in [3.8, 4) is 0 Å². The van der Waals surface area contributed by atoms with Gasteiger partial charge in [0.05, 0.1) is 6.20 Å². The Morgan fingerprint density at radius 1 is 1.50 bits per heavy atom. The van der Waals surface area contributed by atoms with E-state index in [9.17, 15) is 4.39 Å². The third kappa shape index (κ3) is 2.80. The molecule has 16 heavy (non-hydrogen) atoms. The SMILES string of the molecule is N[C@H]1CCC[C@@H](Nc2nc(Cl)ncc2F)C1. The van der Waals surface area contributed by atoms with E-state index in [2.05, 4.69) is 15.3 Å². The number of rotatable bonds is 2. The van der Waals surface area contributed by atoms with Crippen molar-refractivity contribution in [2.75, 3.05) is 5.32 Å². The molecule has 2 rings (SSSR count). The van der Waals surface area contributed by atoms with Crippen molar-refractivity contribution in [1.82, 2.24) is 9.97 Å². The highest BCUT2D eigenvalue weighted by molar-refractivity contribution is 6.28. The Kier molecular flexibility index (Phi) is 3.56. The Bertz CT molecular complexity index is 374. The predicted octanol–water partition coefficient (Wildman–Crippen LogP) is 1.95. The molecule has 0 saturated heterocycles. The Balaban J connectivity index is 2.05. The highest BCUT2D eigenvalue weighted by atomic mass is 35.5. The van der Waals surface area contributed by atoms with Gasteiger partial charge in [-0.2, -0.15) is 4.98 Å². The van der Waals surface area contributed by atoms with Crippen molar-refractivity contribution >= 4 is 17.4 Å². The monoisotopic (exact) mass is 244 g/mol. The van der Waals surface area contributed by atoms with E-state index in [4.69, 9.17) is 17.3 Å². The molecule has 6 heteroatoms. The van der Waals surface area contributed by atoms with Gasteiger partial charge in [0.2, 0.25) is 5.28 Å². The third-order valence-corrected chi connectivity index (χ3v) is 2.95. The Morgan fingerprint density at radius 2 is 2.31 bits per heavy atom. The summed E-state index contributed by atoms with van der Waals surface area (Å²) >= 11 is 5.61. The van der Waals surface area contributed by atoms with E-state index in [0.29, 0.717) is 0 Å². The second-order valence-electron chi connectivity index (χ2n) is 4.10. The van der Waals surface area contributed by atoms with Crippen molar-refractivity contribution < 1.29 is 4.39 Å². The number of aromatic nitrogens is 2. The minimum absolute atomic E-state index is 0.0454. The second-order valence-corrected chi connectivity index (χ2v) is 4.44. The molecule has 0 spiro atoms.